The monoisotopic (exact) mass is 283 g/mol. The Labute approximate surface area is 125 Å². The first kappa shape index (κ1) is 15.0. The van der Waals surface area contributed by atoms with Gasteiger partial charge >= 0.3 is 0 Å². The Morgan fingerprint density at radius 2 is 2.00 bits per heavy atom. The summed E-state index contributed by atoms with van der Waals surface area (Å²) < 4.78 is 0. The Balaban J connectivity index is 1.96. The fraction of sp³-hybridized carbons (Fsp3) is 0.294. The molecule has 110 valence electrons. The first-order valence-corrected chi connectivity index (χ1v) is 7.27. The second kappa shape index (κ2) is 7.43. The van der Waals surface area contributed by atoms with Crippen LogP contribution in [0.25, 0.3) is 0 Å². The molecule has 2 aromatic rings. The zero-order valence-electron chi connectivity index (χ0n) is 12.5. The quantitative estimate of drug-likeness (QED) is 0.832. The summed E-state index contributed by atoms with van der Waals surface area (Å²) in [6.07, 6.45) is 4.15. The lowest BCUT2D eigenvalue weighted by Crippen LogP contribution is -2.11. The van der Waals surface area contributed by atoms with E-state index in [1.54, 1.807) is 6.20 Å². The average Bonchev–Trinajstić information content (AvgIpc) is 2.49. The number of aromatic nitrogens is 1. The number of amides is 1. The Morgan fingerprint density at radius 3 is 2.67 bits per heavy atom. The SMILES string of the molecule is CCCCC(=O)Nc1ccc(Nc2ccccc2C)nc1. The number of para-hydroxylation sites is 1. The normalized spacial score (nSPS) is 10.2. The number of nitrogens with one attached hydrogen (secondary N) is 2. The Kier molecular flexibility index (Phi) is 5.32. The molecule has 0 spiro atoms. The van der Waals surface area contributed by atoms with Gasteiger partial charge in [-0.2, -0.15) is 0 Å². The molecule has 0 aliphatic rings. The fourth-order valence-corrected chi connectivity index (χ4v) is 1.95. The number of carbonyl (C=O) groups is 1. The molecule has 21 heavy (non-hydrogen) atoms. The summed E-state index contributed by atoms with van der Waals surface area (Å²) in [5.41, 5.74) is 2.92. The van der Waals surface area contributed by atoms with Crippen LogP contribution >= 0.6 is 0 Å². The fourth-order valence-electron chi connectivity index (χ4n) is 1.95. The van der Waals surface area contributed by atoms with Gasteiger partial charge in [0.15, 0.2) is 0 Å². The number of pyridine rings is 1. The summed E-state index contributed by atoms with van der Waals surface area (Å²) in [5.74, 6) is 0.800. The second-order valence-electron chi connectivity index (χ2n) is 5.02. The second-order valence-corrected chi connectivity index (χ2v) is 5.02. The number of rotatable bonds is 6. The highest BCUT2D eigenvalue weighted by atomic mass is 16.1. The molecule has 1 aromatic carbocycles. The maximum atomic E-state index is 11.6. The number of hydrogen-bond donors (Lipinski definition) is 2. The van der Waals surface area contributed by atoms with Gasteiger partial charge in [0, 0.05) is 12.1 Å². The van der Waals surface area contributed by atoms with E-state index in [-0.39, 0.29) is 5.91 Å². The van der Waals surface area contributed by atoms with Crippen molar-refractivity contribution in [2.24, 2.45) is 0 Å². The van der Waals surface area contributed by atoms with Gasteiger partial charge in [0.25, 0.3) is 0 Å². The third-order valence-electron chi connectivity index (χ3n) is 3.21. The molecule has 2 rings (SSSR count). The standard InChI is InChI=1S/C17H21N3O/c1-3-4-9-17(21)19-14-10-11-16(18-12-14)20-15-8-6-5-7-13(15)2/h5-8,10-12H,3-4,9H2,1-2H3,(H,18,20)(H,19,21). The first-order chi connectivity index (χ1) is 10.2. The number of aryl methyl sites for hydroxylation is 1. The van der Waals surface area contributed by atoms with Crippen molar-refractivity contribution >= 4 is 23.1 Å². The van der Waals surface area contributed by atoms with E-state index >= 15 is 0 Å². The zero-order valence-corrected chi connectivity index (χ0v) is 12.5. The summed E-state index contributed by atoms with van der Waals surface area (Å²) in [7, 11) is 0. The van der Waals surface area contributed by atoms with Gasteiger partial charge in [0.1, 0.15) is 5.82 Å². The number of unbranched alkanes of at least 4 members (excludes halogenated alkanes) is 1. The molecule has 0 aliphatic carbocycles. The minimum atomic E-state index is 0.0401. The van der Waals surface area contributed by atoms with Crippen LogP contribution in [0.15, 0.2) is 42.6 Å². The van der Waals surface area contributed by atoms with Crippen LogP contribution in [0.3, 0.4) is 0 Å². The molecule has 0 bridgehead atoms. The zero-order chi connectivity index (χ0) is 15.1. The lowest BCUT2D eigenvalue weighted by molar-refractivity contribution is -0.116. The van der Waals surface area contributed by atoms with Gasteiger partial charge in [0.2, 0.25) is 5.91 Å². The molecule has 0 atom stereocenters. The molecule has 4 nitrogen and oxygen atoms in total. The summed E-state index contributed by atoms with van der Waals surface area (Å²) in [6.45, 7) is 4.12. The highest BCUT2D eigenvalue weighted by molar-refractivity contribution is 5.90. The molecule has 0 saturated carbocycles. The number of carbonyl (C=O) groups excluding carboxylic acids is 1. The third kappa shape index (κ3) is 4.60. The molecule has 4 heteroatoms. The number of benzene rings is 1. The van der Waals surface area contributed by atoms with E-state index in [9.17, 15) is 4.79 Å². The molecule has 0 saturated heterocycles. The van der Waals surface area contributed by atoms with Gasteiger partial charge in [0.05, 0.1) is 11.9 Å². The van der Waals surface area contributed by atoms with Gasteiger partial charge in [-0.25, -0.2) is 4.98 Å². The van der Waals surface area contributed by atoms with Gasteiger partial charge in [-0.15, -0.1) is 0 Å². The van der Waals surface area contributed by atoms with E-state index in [0.29, 0.717) is 6.42 Å². The molecule has 1 heterocycles. The predicted octanol–water partition coefficient (Wildman–Crippen LogP) is 4.26. The van der Waals surface area contributed by atoms with Crippen molar-refractivity contribution in [1.29, 1.82) is 0 Å². The number of nitrogens with zero attached hydrogens (tertiary/aromatic N) is 1. The van der Waals surface area contributed by atoms with Crippen molar-refractivity contribution in [2.75, 3.05) is 10.6 Å². The summed E-state index contributed by atoms with van der Waals surface area (Å²) in [6, 6.07) is 11.8. The van der Waals surface area contributed by atoms with Gasteiger partial charge in [-0.05, 0) is 37.1 Å². The van der Waals surface area contributed by atoms with E-state index < -0.39 is 0 Å². The van der Waals surface area contributed by atoms with Crippen molar-refractivity contribution in [2.45, 2.75) is 33.1 Å². The van der Waals surface area contributed by atoms with Crippen LogP contribution in [0.4, 0.5) is 17.2 Å². The van der Waals surface area contributed by atoms with Crippen LogP contribution in [0.5, 0.6) is 0 Å². The van der Waals surface area contributed by atoms with Crippen LogP contribution in [-0.2, 0) is 4.79 Å². The van der Waals surface area contributed by atoms with Crippen LogP contribution in [0.1, 0.15) is 31.7 Å². The number of hydrogen-bond acceptors (Lipinski definition) is 3. The van der Waals surface area contributed by atoms with Gasteiger partial charge < -0.3 is 10.6 Å². The van der Waals surface area contributed by atoms with E-state index in [1.807, 2.05) is 43.3 Å². The van der Waals surface area contributed by atoms with Crippen molar-refractivity contribution in [3.05, 3.63) is 48.2 Å². The predicted molar refractivity (Wildman–Crippen MR) is 86.9 cm³/mol. The van der Waals surface area contributed by atoms with Crippen molar-refractivity contribution in [3.63, 3.8) is 0 Å². The van der Waals surface area contributed by atoms with E-state index in [2.05, 4.69) is 22.5 Å². The molecule has 0 unspecified atom stereocenters. The largest absolute Gasteiger partial charge is 0.340 e. The van der Waals surface area contributed by atoms with Crippen LogP contribution < -0.4 is 10.6 Å². The smallest absolute Gasteiger partial charge is 0.224 e. The van der Waals surface area contributed by atoms with E-state index in [0.717, 1.165) is 35.6 Å². The van der Waals surface area contributed by atoms with Crippen molar-refractivity contribution in [3.8, 4) is 0 Å². The lowest BCUT2D eigenvalue weighted by Gasteiger charge is -2.09. The van der Waals surface area contributed by atoms with Crippen molar-refractivity contribution < 1.29 is 4.79 Å². The van der Waals surface area contributed by atoms with Crippen LogP contribution in [0.2, 0.25) is 0 Å². The topological polar surface area (TPSA) is 54.0 Å². The van der Waals surface area contributed by atoms with E-state index in [1.165, 1.54) is 0 Å². The van der Waals surface area contributed by atoms with Gasteiger partial charge in [-0.3, -0.25) is 4.79 Å². The minimum absolute atomic E-state index is 0.0401. The summed E-state index contributed by atoms with van der Waals surface area (Å²) in [5, 5.41) is 6.11. The number of anilines is 3. The maximum Gasteiger partial charge on any atom is 0.224 e. The van der Waals surface area contributed by atoms with E-state index in [4.69, 9.17) is 0 Å². The Hall–Kier alpha value is -2.36. The van der Waals surface area contributed by atoms with Crippen molar-refractivity contribution in [1.82, 2.24) is 4.98 Å². The summed E-state index contributed by atoms with van der Waals surface area (Å²) in [4.78, 5) is 16.0. The maximum absolute atomic E-state index is 11.6. The molecule has 0 fully saturated rings. The highest BCUT2D eigenvalue weighted by Gasteiger charge is 2.03. The molecule has 2 N–H and O–H groups in total. The Bertz CT molecular complexity index is 593. The first-order valence-electron chi connectivity index (χ1n) is 7.27. The highest BCUT2D eigenvalue weighted by Crippen LogP contribution is 2.19. The molecule has 1 amide bonds. The van der Waals surface area contributed by atoms with Crippen LogP contribution in [-0.4, -0.2) is 10.9 Å². The average molecular weight is 283 g/mol. The third-order valence-corrected chi connectivity index (χ3v) is 3.21. The van der Waals surface area contributed by atoms with Gasteiger partial charge in [-0.1, -0.05) is 31.5 Å². The van der Waals surface area contributed by atoms with Crippen LogP contribution in [0, 0.1) is 6.92 Å². The molecule has 1 aromatic heterocycles. The Morgan fingerprint density at radius 1 is 1.19 bits per heavy atom. The molecule has 0 radical (unpaired) electrons. The minimum Gasteiger partial charge on any atom is -0.340 e. The molecular weight excluding hydrogens is 262 g/mol. The lowest BCUT2D eigenvalue weighted by atomic mass is 10.2. The molecular formula is C17H21N3O. The summed E-state index contributed by atoms with van der Waals surface area (Å²) >= 11 is 0. The molecule has 0 aliphatic heterocycles.